The molecule has 20 heavy (non-hydrogen) atoms. The zero-order valence-corrected chi connectivity index (χ0v) is 10.9. The first-order valence-electron chi connectivity index (χ1n) is 6.73. The summed E-state index contributed by atoms with van der Waals surface area (Å²) in [5.41, 5.74) is 5.90. The topological polar surface area (TPSA) is 31.6 Å². The minimum atomic E-state index is 1.14. The van der Waals surface area contributed by atoms with Gasteiger partial charge in [-0.15, -0.1) is 0 Å². The van der Waals surface area contributed by atoms with E-state index in [1.807, 2.05) is 18.3 Å². The van der Waals surface area contributed by atoms with Crippen molar-refractivity contribution in [1.29, 1.82) is 0 Å². The van der Waals surface area contributed by atoms with Crippen molar-refractivity contribution in [2.75, 3.05) is 0 Å². The average molecular weight is 258 g/mol. The second-order valence-electron chi connectivity index (χ2n) is 4.87. The molecule has 0 amide bonds. The second kappa shape index (κ2) is 4.42. The minimum Gasteiger partial charge on any atom is -0.361 e. The van der Waals surface area contributed by atoms with E-state index in [0.717, 1.165) is 16.9 Å². The molecular weight excluding hydrogens is 244 g/mol. The summed E-state index contributed by atoms with van der Waals surface area (Å²) in [5, 5.41) is 1.24. The van der Waals surface area contributed by atoms with Crippen molar-refractivity contribution in [3.8, 4) is 22.5 Å². The van der Waals surface area contributed by atoms with E-state index in [4.69, 9.17) is 0 Å². The van der Waals surface area contributed by atoms with Crippen molar-refractivity contribution in [2.24, 2.45) is 0 Å². The lowest BCUT2D eigenvalue weighted by molar-refractivity contribution is 1.39. The Kier molecular flexibility index (Phi) is 2.46. The van der Waals surface area contributed by atoms with Gasteiger partial charge in [0, 0.05) is 28.4 Å². The Bertz CT molecular complexity index is 840. The Morgan fingerprint density at radius 2 is 1.50 bits per heavy atom. The zero-order valence-electron chi connectivity index (χ0n) is 10.9. The van der Waals surface area contributed by atoms with Crippen LogP contribution in [-0.2, 0) is 0 Å². The summed E-state index contributed by atoms with van der Waals surface area (Å²) in [6.07, 6.45) is 1.96. The Morgan fingerprint density at radius 1 is 0.700 bits per heavy atom. The third kappa shape index (κ3) is 1.66. The monoisotopic (exact) mass is 258 g/mol. The molecule has 96 valence electrons. The highest BCUT2D eigenvalue weighted by Gasteiger charge is 2.14. The van der Waals surface area contributed by atoms with Crippen molar-refractivity contribution in [2.45, 2.75) is 0 Å². The van der Waals surface area contributed by atoms with Crippen LogP contribution in [0.1, 0.15) is 0 Å². The molecule has 0 fully saturated rings. The highest BCUT2D eigenvalue weighted by atomic mass is 14.8. The number of benzene rings is 2. The quantitative estimate of drug-likeness (QED) is 0.516. The number of nitrogens with one attached hydrogen (secondary N) is 2. The zero-order chi connectivity index (χ0) is 13.4. The maximum Gasteiger partial charge on any atom is 0.0559 e. The largest absolute Gasteiger partial charge is 0.361 e. The van der Waals surface area contributed by atoms with E-state index in [1.165, 1.54) is 16.5 Å². The summed E-state index contributed by atoms with van der Waals surface area (Å²) in [5.74, 6) is 0. The number of hydrogen-bond donors (Lipinski definition) is 2. The predicted molar refractivity (Wildman–Crippen MR) is 83.5 cm³/mol. The third-order valence-corrected chi connectivity index (χ3v) is 3.64. The normalized spacial score (nSPS) is 11.0. The van der Waals surface area contributed by atoms with Gasteiger partial charge in [-0.2, -0.15) is 0 Å². The number of aromatic nitrogens is 2. The molecule has 0 aliphatic carbocycles. The molecule has 2 aromatic carbocycles. The van der Waals surface area contributed by atoms with Gasteiger partial charge in [0.15, 0.2) is 0 Å². The van der Waals surface area contributed by atoms with Crippen LogP contribution < -0.4 is 0 Å². The summed E-state index contributed by atoms with van der Waals surface area (Å²) >= 11 is 0. The van der Waals surface area contributed by atoms with Crippen LogP contribution in [-0.4, -0.2) is 9.97 Å². The minimum absolute atomic E-state index is 1.14. The molecule has 2 heteroatoms. The molecular formula is C18H14N2. The first-order valence-corrected chi connectivity index (χ1v) is 6.73. The lowest BCUT2D eigenvalue weighted by Crippen LogP contribution is -1.82. The van der Waals surface area contributed by atoms with E-state index in [9.17, 15) is 0 Å². The molecule has 0 saturated carbocycles. The highest BCUT2D eigenvalue weighted by Crippen LogP contribution is 2.37. The highest BCUT2D eigenvalue weighted by molar-refractivity contribution is 6.02. The van der Waals surface area contributed by atoms with Crippen molar-refractivity contribution in [1.82, 2.24) is 9.97 Å². The fourth-order valence-electron chi connectivity index (χ4n) is 2.73. The number of aromatic amines is 2. The predicted octanol–water partition coefficient (Wildman–Crippen LogP) is 4.83. The molecule has 0 saturated heterocycles. The lowest BCUT2D eigenvalue weighted by Gasteiger charge is -2.03. The average Bonchev–Trinajstić information content (AvgIpc) is 3.14. The van der Waals surface area contributed by atoms with Crippen molar-refractivity contribution < 1.29 is 0 Å². The number of fused-ring (bicyclic) bond motifs is 1. The van der Waals surface area contributed by atoms with Gasteiger partial charge in [-0.1, -0.05) is 48.5 Å². The van der Waals surface area contributed by atoms with Gasteiger partial charge in [-0.25, -0.2) is 0 Å². The van der Waals surface area contributed by atoms with E-state index in [1.54, 1.807) is 0 Å². The summed E-state index contributed by atoms with van der Waals surface area (Å²) in [6.45, 7) is 0. The second-order valence-corrected chi connectivity index (χ2v) is 4.87. The number of rotatable bonds is 2. The first-order chi connectivity index (χ1) is 9.93. The van der Waals surface area contributed by atoms with Crippen LogP contribution in [0.2, 0.25) is 0 Å². The maximum atomic E-state index is 3.55. The molecule has 2 heterocycles. The fraction of sp³-hybridized carbons (Fsp3) is 0. The van der Waals surface area contributed by atoms with Crippen LogP contribution in [0.5, 0.6) is 0 Å². The molecule has 2 N–H and O–H groups in total. The van der Waals surface area contributed by atoms with Crippen molar-refractivity contribution in [3.05, 3.63) is 72.9 Å². The maximum absolute atomic E-state index is 3.55. The van der Waals surface area contributed by atoms with Crippen LogP contribution in [0.25, 0.3) is 33.4 Å². The molecule has 0 bridgehead atoms. The number of H-pyrrole nitrogens is 2. The number of para-hydroxylation sites is 1. The van der Waals surface area contributed by atoms with E-state index >= 15 is 0 Å². The molecule has 2 nitrogen and oxygen atoms in total. The molecule has 0 atom stereocenters. The van der Waals surface area contributed by atoms with Gasteiger partial charge in [0.2, 0.25) is 0 Å². The molecule has 0 unspecified atom stereocenters. The molecule has 0 aliphatic heterocycles. The van der Waals surface area contributed by atoms with Crippen LogP contribution in [0.3, 0.4) is 0 Å². The molecule has 4 aromatic rings. The molecule has 0 spiro atoms. The fourth-order valence-corrected chi connectivity index (χ4v) is 2.73. The van der Waals surface area contributed by atoms with Gasteiger partial charge in [-0.3, -0.25) is 0 Å². The molecule has 0 radical (unpaired) electrons. The first kappa shape index (κ1) is 11.1. The third-order valence-electron chi connectivity index (χ3n) is 3.64. The van der Waals surface area contributed by atoms with Crippen LogP contribution in [0.15, 0.2) is 72.9 Å². The number of hydrogen-bond acceptors (Lipinski definition) is 0. The molecule has 4 rings (SSSR count). The van der Waals surface area contributed by atoms with E-state index in [0.29, 0.717) is 0 Å². The van der Waals surface area contributed by atoms with Gasteiger partial charge < -0.3 is 9.97 Å². The van der Waals surface area contributed by atoms with Crippen molar-refractivity contribution in [3.63, 3.8) is 0 Å². The van der Waals surface area contributed by atoms with Gasteiger partial charge in [0.05, 0.1) is 5.69 Å². The summed E-state index contributed by atoms with van der Waals surface area (Å²) in [7, 11) is 0. The van der Waals surface area contributed by atoms with E-state index < -0.39 is 0 Å². The van der Waals surface area contributed by atoms with Gasteiger partial charge >= 0.3 is 0 Å². The van der Waals surface area contributed by atoms with Gasteiger partial charge in [0.1, 0.15) is 0 Å². The van der Waals surface area contributed by atoms with E-state index in [-0.39, 0.29) is 0 Å². The Labute approximate surface area is 117 Å². The van der Waals surface area contributed by atoms with Gasteiger partial charge in [0.25, 0.3) is 0 Å². The molecule has 2 aromatic heterocycles. The standard InChI is InChI=1S/C18H14N2/c1-2-7-13(8-3-1)18-17(16-11-6-12-19-16)14-9-4-5-10-15(14)20-18/h1-12,19-20H. The van der Waals surface area contributed by atoms with Gasteiger partial charge in [-0.05, 0) is 23.8 Å². The smallest absolute Gasteiger partial charge is 0.0559 e. The Morgan fingerprint density at radius 3 is 2.30 bits per heavy atom. The van der Waals surface area contributed by atoms with E-state index in [2.05, 4.69) is 64.6 Å². The van der Waals surface area contributed by atoms with Crippen LogP contribution in [0, 0.1) is 0 Å². The summed E-state index contributed by atoms with van der Waals surface area (Å²) < 4.78 is 0. The Hall–Kier alpha value is -2.74. The van der Waals surface area contributed by atoms with Crippen molar-refractivity contribution >= 4 is 10.9 Å². The SMILES string of the molecule is c1ccc(-c2[nH]c3ccccc3c2-c2ccc[nH]2)cc1. The lowest BCUT2D eigenvalue weighted by atomic mass is 10.0. The van der Waals surface area contributed by atoms with Crippen LogP contribution in [0.4, 0.5) is 0 Å². The molecule has 0 aliphatic rings. The summed E-state index contributed by atoms with van der Waals surface area (Å²) in [6, 6.07) is 23.0. The van der Waals surface area contributed by atoms with Crippen LogP contribution >= 0.6 is 0 Å². The Balaban J connectivity index is 2.08. The summed E-state index contributed by atoms with van der Waals surface area (Å²) in [4.78, 5) is 6.87.